The van der Waals surface area contributed by atoms with Crippen molar-refractivity contribution in [1.29, 1.82) is 0 Å². The maximum Gasteiger partial charge on any atom is 0.252 e. The molecule has 0 saturated heterocycles. The summed E-state index contributed by atoms with van der Waals surface area (Å²) < 4.78 is 18.6. The zero-order valence-electron chi connectivity index (χ0n) is 10.5. The predicted molar refractivity (Wildman–Crippen MR) is 72.1 cm³/mol. The zero-order chi connectivity index (χ0) is 13.5. The molecule has 0 bridgehead atoms. The van der Waals surface area contributed by atoms with Crippen LogP contribution >= 0.6 is 15.9 Å². The van der Waals surface area contributed by atoms with Crippen LogP contribution in [-0.4, -0.2) is 25.7 Å². The second-order valence-electron chi connectivity index (χ2n) is 4.02. The van der Waals surface area contributed by atoms with Crippen LogP contribution < -0.4 is 5.32 Å². The average molecular weight is 318 g/mol. The van der Waals surface area contributed by atoms with E-state index in [0.717, 1.165) is 12.8 Å². The van der Waals surface area contributed by atoms with Gasteiger partial charge in [-0.15, -0.1) is 0 Å². The molecule has 0 aliphatic rings. The topological polar surface area (TPSA) is 38.3 Å². The average Bonchev–Trinajstić information content (AvgIpc) is 2.33. The van der Waals surface area contributed by atoms with Crippen LogP contribution in [0.5, 0.6) is 0 Å². The summed E-state index contributed by atoms with van der Waals surface area (Å²) in [4.78, 5) is 12.0. The molecule has 0 saturated carbocycles. The molecule has 0 aromatic heterocycles. The maximum atomic E-state index is 13.3. The van der Waals surface area contributed by atoms with Gasteiger partial charge in [0.25, 0.3) is 5.91 Å². The Bertz CT molecular complexity index is 406. The Morgan fingerprint density at radius 1 is 1.56 bits per heavy atom. The number of nitrogens with one attached hydrogen (secondary N) is 1. The summed E-state index contributed by atoms with van der Waals surface area (Å²) in [6, 6.07) is 4.35. The van der Waals surface area contributed by atoms with Crippen molar-refractivity contribution in [2.45, 2.75) is 25.8 Å². The zero-order valence-corrected chi connectivity index (χ0v) is 12.1. The lowest BCUT2D eigenvalue weighted by Crippen LogP contribution is -2.38. The Morgan fingerprint density at radius 3 is 2.89 bits per heavy atom. The molecule has 1 unspecified atom stereocenters. The lowest BCUT2D eigenvalue weighted by atomic mass is 10.1. The number of benzene rings is 1. The first-order valence-corrected chi connectivity index (χ1v) is 6.63. The minimum atomic E-state index is -0.443. The number of hydrogen-bond acceptors (Lipinski definition) is 2. The summed E-state index contributed by atoms with van der Waals surface area (Å²) in [5.74, 6) is -0.738. The van der Waals surface area contributed by atoms with Crippen molar-refractivity contribution in [3.63, 3.8) is 0 Å². The van der Waals surface area contributed by atoms with E-state index >= 15 is 0 Å². The van der Waals surface area contributed by atoms with Gasteiger partial charge in [0.2, 0.25) is 0 Å². The SMILES string of the molecule is CCCC(COC)NC(=O)c1cccc(F)c1Br. The molecule has 1 rings (SSSR count). The van der Waals surface area contributed by atoms with E-state index in [1.807, 2.05) is 6.92 Å². The molecule has 1 atom stereocenters. The number of hydrogen-bond donors (Lipinski definition) is 1. The molecular weight excluding hydrogens is 301 g/mol. The molecule has 18 heavy (non-hydrogen) atoms. The van der Waals surface area contributed by atoms with Crippen molar-refractivity contribution in [1.82, 2.24) is 5.32 Å². The fourth-order valence-electron chi connectivity index (χ4n) is 1.69. The Balaban J connectivity index is 2.77. The highest BCUT2D eigenvalue weighted by molar-refractivity contribution is 9.10. The van der Waals surface area contributed by atoms with Crippen LogP contribution in [-0.2, 0) is 4.74 Å². The first kappa shape index (κ1) is 15.1. The van der Waals surface area contributed by atoms with Crippen LogP contribution in [0.15, 0.2) is 22.7 Å². The number of rotatable bonds is 6. The number of amides is 1. The van der Waals surface area contributed by atoms with Gasteiger partial charge in [0.15, 0.2) is 0 Å². The third-order valence-electron chi connectivity index (χ3n) is 2.54. The highest BCUT2D eigenvalue weighted by Crippen LogP contribution is 2.20. The van der Waals surface area contributed by atoms with Crippen molar-refractivity contribution < 1.29 is 13.9 Å². The number of carbonyl (C=O) groups excluding carboxylic acids is 1. The molecule has 0 fully saturated rings. The van der Waals surface area contributed by atoms with E-state index in [1.54, 1.807) is 13.2 Å². The van der Waals surface area contributed by atoms with Gasteiger partial charge in [-0.2, -0.15) is 0 Å². The van der Waals surface area contributed by atoms with Gasteiger partial charge in [-0.3, -0.25) is 4.79 Å². The molecule has 1 amide bonds. The Labute approximate surface area is 115 Å². The van der Waals surface area contributed by atoms with Crippen molar-refractivity contribution >= 4 is 21.8 Å². The van der Waals surface area contributed by atoms with Gasteiger partial charge in [0.05, 0.1) is 22.7 Å². The Morgan fingerprint density at radius 2 is 2.28 bits per heavy atom. The number of carbonyl (C=O) groups is 1. The largest absolute Gasteiger partial charge is 0.383 e. The molecule has 0 heterocycles. The van der Waals surface area contributed by atoms with Crippen LogP contribution in [0, 0.1) is 5.82 Å². The predicted octanol–water partition coefficient (Wildman–Crippen LogP) is 3.13. The molecule has 0 spiro atoms. The fraction of sp³-hybridized carbons (Fsp3) is 0.462. The van der Waals surface area contributed by atoms with Gasteiger partial charge in [-0.1, -0.05) is 19.4 Å². The molecule has 0 aliphatic carbocycles. The van der Waals surface area contributed by atoms with Gasteiger partial charge >= 0.3 is 0 Å². The standard InChI is InChI=1S/C13H17BrFNO2/c1-3-5-9(8-18-2)16-13(17)10-6-4-7-11(15)12(10)14/h4,6-7,9H,3,5,8H2,1-2H3,(H,16,17). The van der Waals surface area contributed by atoms with E-state index in [1.165, 1.54) is 12.1 Å². The lowest BCUT2D eigenvalue weighted by molar-refractivity contribution is 0.0890. The van der Waals surface area contributed by atoms with Gasteiger partial charge < -0.3 is 10.1 Å². The summed E-state index contributed by atoms with van der Waals surface area (Å²) in [5, 5.41) is 2.84. The van der Waals surface area contributed by atoms with Crippen molar-refractivity contribution in [2.75, 3.05) is 13.7 Å². The maximum absolute atomic E-state index is 13.3. The molecule has 100 valence electrons. The molecule has 5 heteroatoms. The van der Waals surface area contributed by atoms with E-state index in [2.05, 4.69) is 21.2 Å². The van der Waals surface area contributed by atoms with Crippen LogP contribution in [0.4, 0.5) is 4.39 Å². The molecule has 1 N–H and O–H groups in total. The summed E-state index contributed by atoms with van der Waals surface area (Å²) in [5.41, 5.74) is 0.298. The fourth-order valence-corrected chi connectivity index (χ4v) is 2.13. The third-order valence-corrected chi connectivity index (χ3v) is 3.34. The van der Waals surface area contributed by atoms with E-state index in [4.69, 9.17) is 4.74 Å². The van der Waals surface area contributed by atoms with Crippen molar-refractivity contribution in [3.05, 3.63) is 34.1 Å². The normalized spacial score (nSPS) is 12.2. The number of halogens is 2. The van der Waals surface area contributed by atoms with Gasteiger partial charge in [-0.25, -0.2) is 4.39 Å². The quantitative estimate of drug-likeness (QED) is 0.875. The minimum absolute atomic E-state index is 0.0531. The van der Waals surface area contributed by atoms with Crippen LogP contribution in [0.1, 0.15) is 30.1 Å². The summed E-state index contributed by atoms with van der Waals surface area (Å²) >= 11 is 3.08. The van der Waals surface area contributed by atoms with Crippen LogP contribution in [0.25, 0.3) is 0 Å². The van der Waals surface area contributed by atoms with E-state index in [-0.39, 0.29) is 16.4 Å². The molecule has 0 radical (unpaired) electrons. The third kappa shape index (κ3) is 4.07. The number of ether oxygens (including phenoxy) is 1. The Kier molecular flexibility index (Phi) is 6.29. The molecule has 1 aromatic carbocycles. The molecule has 3 nitrogen and oxygen atoms in total. The molecule has 0 aliphatic heterocycles. The second kappa shape index (κ2) is 7.48. The van der Waals surface area contributed by atoms with E-state index in [9.17, 15) is 9.18 Å². The smallest absolute Gasteiger partial charge is 0.252 e. The number of methoxy groups -OCH3 is 1. The van der Waals surface area contributed by atoms with Crippen LogP contribution in [0.2, 0.25) is 0 Å². The van der Waals surface area contributed by atoms with Gasteiger partial charge in [-0.05, 0) is 34.5 Å². The summed E-state index contributed by atoms with van der Waals surface area (Å²) in [6.45, 7) is 2.49. The minimum Gasteiger partial charge on any atom is -0.383 e. The van der Waals surface area contributed by atoms with E-state index < -0.39 is 5.82 Å². The summed E-state index contributed by atoms with van der Waals surface area (Å²) in [6.07, 6.45) is 1.77. The first-order chi connectivity index (χ1) is 8.60. The summed E-state index contributed by atoms with van der Waals surface area (Å²) in [7, 11) is 1.59. The van der Waals surface area contributed by atoms with E-state index in [0.29, 0.717) is 12.2 Å². The highest BCUT2D eigenvalue weighted by Gasteiger charge is 2.16. The van der Waals surface area contributed by atoms with Gasteiger partial charge in [0, 0.05) is 7.11 Å². The van der Waals surface area contributed by atoms with Gasteiger partial charge in [0.1, 0.15) is 5.82 Å². The van der Waals surface area contributed by atoms with Crippen LogP contribution in [0.3, 0.4) is 0 Å². The molecular formula is C13H17BrFNO2. The van der Waals surface area contributed by atoms with Crippen molar-refractivity contribution in [3.8, 4) is 0 Å². The molecule has 1 aromatic rings. The monoisotopic (exact) mass is 317 g/mol. The Hall–Kier alpha value is -0.940. The second-order valence-corrected chi connectivity index (χ2v) is 4.81. The lowest BCUT2D eigenvalue weighted by Gasteiger charge is -2.17. The first-order valence-electron chi connectivity index (χ1n) is 5.84. The highest BCUT2D eigenvalue weighted by atomic mass is 79.9. The van der Waals surface area contributed by atoms with Crippen molar-refractivity contribution in [2.24, 2.45) is 0 Å².